The predicted octanol–water partition coefficient (Wildman–Crippen LogP) is 0.947. The van der Waals surface area contributed by atoms with Crippen LogP contribution in [-0.4, -0.2) is 58.8 Å². The van der Waals surface area contributed by atoms with Gasteiger partial charge in [0, 0.05) is 31.6 Å². The Morgan fingerprint density at radius 3 is 2.22 bits per heavy atom. The topological polar surface area (TPSA) is 171 Å². The number of carbonyl (C=O) groups excluding carboxylic acids is 5. The van der Waals surface area contributed by atoms with Crippen molar-refractivity contribution in [3.05, 3.63) is 64.7 Å². The first-order chi connectivity index (χ1) is 17.7. The Labute approximate surface area is 214 Å². The van der Waals surface area contributed by atoms with E-state index in [9.17, 15) is 24.0 Å². The highest BCUT2D eigenvalue weighted by molar-refractivity contribution is 6.21. The summed E-state index contributed by atoms with van der Waals surface area (Å²) in [6, 6.07) is 11.1. The second-order valence-corrected chi connectivity index (χ2v) is 8.78. The molecular weight excluding hydrogens is 478 g/mol. The van der Waals surface area contributed by atoms with Gasteiger partial charge in [0.2, 0.25) is 11.8 Å². The van der Waals surface area contributed by atoms with Gasteiger partial charge in [-0.1, -0.05) is 37.6 Å². The van der Waals surface area contributed by atoms with E-state index in [-0.39, 0.29) is 43.0 Å². The van der Waals surface area contributed by atoms with Gasteiger partial charge in [-0.25, -0.2) is 5.48 Å². The summed E-state index contributed by atoms with van der Waals surface area (Å²) in [5, 5.41) is 14.0. The van der Waals surface area contributed by atoms with Gasteiger partial charge in [-0.15, -0.1) is 0 Å². The number of nitrogens with two attached hydrogens (primary N) is 1. The zero-order valence-electron chi connectivity index (χ0n) is 20.6. The largest absolute Gasteiger partial charge is 0.399 e. The lowest BCUT2D eigenvalue weighted by atomic mass is 10.0. The van der Waals surface area contributed by atoms with Crippen molar-refractivity contribution in [1.82, 2.24) is 21.0 Å². The maximum atomic E-state index is 12.5. The molecule has 11 heteroatoms. The number of fused-ring (bicyclic) bond motifs is 1. The average Bonchev–Trinajstić information content (AvgIpc) is 3.12. The van der Waals surface area contributed by atoms with Gasteiger partial charge in [-0.3, -0.25) is 34.1 Å². The molecule has 1 aliphatic heterocycles. The van der Waals surface area contributed by atoms with Crippen LogP contribution in [-0.2, 0) is 27.2 Å². The molecule has 0 unspecified atom stereocenters. The molecule has 2 aromatic carbocycles. The lowest BCUT2D eigenvalue weighted by molar-refractivity contribution is -0.135. The Morgan fingerprint density at radius 2 is 1.57 bits per heavy atom. The number of hydroxylamine groups is 1. The Bertz CT molecular complexity index is 1180. The van der Waals surface area contributed by atoms with Gasteiger partial charge in [-0.2, -0.15) is 0 Å². The van der Waals surface area contributed by atoms with Crippen molar-refractivity contribution in [2.24, 2.45) is 0 Å². The van der Waals surface area contributed by atoms with E-state index in [2.05, 4.69) is 17.6 Å². The zero-order valence-corrected chi connectivity index (χ0v) is 20.6. The molecule has 0 spiro atoms. The van der Waals surface area contributed by atoms with E-state index in [4.69, 9.17) is 10.9 Å². The third-order valence-corrected chi connectivity index (χ3v) is 6.02. The number of aryl methyl sites for hydroxylation is 2. The van der Waals surface area contributed by atoms with Gasteiger partial charge in [0.25, 0.3) is 17.7 Å². The van der Waals surface area contributed by atoms with Crippen molar-refractivity contribution in [2.45, 2.75) is 45.1 Å². The summed E-state index contributed by atoms with van der Waals surface area (Å²) >= 11 is 0. The summed E-state index contributed by atoms with van der Waals surface area (Å²) in [4.78, 5) is 62.7. The molecule has 2 aromatic rings. The quantitative estimate of drug-likeness (QED) is 0.123. The van der Waals surface area contributed by atoms with Crippen LogP contribution in [0.1, 0.15) is 58.0 Å². The van der Waals surface area contributed by atoms with Crippen LogP contribution in [0, 0.1) is 0 Å². The number of nitrogens with zero attached hydrogens (tertiary/aromatic N) is 1. The molecule has 1 atom stereocenters. The molecule has 3 rings (SSSR count). The monoisotopic (exact) mass is 509 g/mol. The SMILES string of the molecule is CCCc1ccc(CCC(=O)NC[C@H](NC(=O)CCN2C(=O)c3ccc(N)cc3C2=O)C(=O)NO)cc1. The third-order valence-electron chi connectivity index (χ3n) is 6.02. The molecule has 0 fully saturated rings. The number of nitrogens with one attached hydrogen (secondary N) is 3. The van der Waals surface area contributed by atoms with Crippen LogP contribution < -0.4 is 21.8 Å². The number of hydrogen-bond donors (Lipinski definition) is 5. The Kier molecular flexibility index (Phi) is 9.33. The molecule has 1 aliphatic rings. The van der Waals surface area contributed by atoms with E-state index >= 15 is 0 Å². The van der Waals surface area contributed by atoms with E-state index < -0.39 is 29.7 Å². The van der Waals surface area contributed by atoms with Crippen LogP contribution in [0.15, 0.2) is 42.5 Å². The number of amides is 5. The first-order valence-electron chi connectivity index (χ1n) is 12.1. The molecule has 0 radical (unpaired) electrons. The fourth-order valence-electron chi connectivity index (χ4n) is 4.00. The number of benzene rings is 2. The van der Waals surface area contributed by atoms with Crippen molar-refractivity contribution < 1.29 is 29.2 Å². The van der Waals surface area contributed by atoms with E-state index in [1.54, 1.807) is 0 Å². The van der Waals surface area contributed by atoms with Gasteiger partial charge in [0.1, 0.15) is 6.04 Å². The van der Waals surface area contributed by atoms with Crippen LogP contribution in [0.5, 0.6) is 0 Å². The Hall–Kier alpha value is -4.25. The molecule has 5 amide bonds. The molecule has 0 aromatic heterocycles. The Balaban J connectivity index is 1.47. The van der Waals surface area contributed by atoms with Crippen LogP contribution in [0.4, 0.5) is 5.69 Å². The summed E-state index contributed by atoms with van der Waals surface area (Å²) in [7, 11) is 0. The molecular formula is C26H31N5O6. The number of imide groups is 1. The van der Waals surface area contributed by atoms with Crippen molar-refractivity contribution in [3.8, 4) is 0 Å². The number of anilines is 1. The van der Waals surface area contributed by atoms with Crippen molar-refractivity contribution in [1.29, 1.82) is 0 Å². The second kappa shape index (κ2) is 12.6. The molecule has 0 saturated carbocycles. The number of nitrogen functional groups attached to an aromatic ring is 1. The van der Waals surface area contributed by atoms with E-state index in [0.29, 0.717) is 12.1 Å². The molecule has 11 nitrogen and oxygen atoms in total. The predicted molar refractivity (Wildman–Crippen MR) is 134 cm³/mol. The fraction of sp³-hybridized carbons (Fsp3) is 0.346. The number of rotatable bonds is 12. The highest BCUT2D eigenvalue weighted by atomic mass is 16.5. The van der Waals surface area contributed by atoms with Gasteiger partial charge in [-0.05, 0) is 42.2 Å². The van der Waals surface area contributed by atoms with Crippen LogP contribution in [0.3, 0.4) is 0 Å². The summed E-state index contributed by atoms with van der Waals surface area (Å²) in [6.45, 7) is 1.64. The molecule has 0 bridgehead atoms. The van der Waals surface area contributed by atoms with Crippen LogP contribution in [0.25, 0.3) is 0 Å². The minimum Gasteiger partial charge on any atom is -0.399 e. The van der Waals surface area contributed by atoms with Crippen LogP contribution >= 0.6 is 0 Å². The molecule has 37 heavy (non-hydrogen) atoms. The van der Waals surface area contributed by atoms with Crippen LogP contribution in [0.2, 0.25) is 0 Å². The van der Waals surface area contributed by atoms with Crippen molar-refractivity contribution in [3.63, 3.8) is 0 Å². The standard InChI is InChI=1S/C26H31N5O6/c1-2-3-16-4-6-17(7-5-16)8-11-22(32)28-15-21(24(34)30-37)29-23(33)12-13-31-25(35)19-10-9-18(27)14-20(19)26(31)36/h4-7,9-10,14,21,37H,2-3,8,11-13,15,27H2,1H3,(H,28,32)(H,29,33)(H,30,34)/t21-/m0/s1. The lowest BCUT2D eigenvalue weighted by Crippen LogP contribution is -2.52. The molecule has 0 aliphatic carbocycles. The van der Waals surface area contributed by atoms with Crippen molar-refractivity contribution in [2.75, 3.05) is 18.8 Å². The highest BCUT2D eigenvalue weighted by Gasteiger charge is 2.35. The zero-order chi connectivity index (χ0) is 26.9. The number of carbonyl (C=O) groups is 5. The summed E-state index contributed by atoms with van der Waals surface area (Å²) in [5.41, 5.74) is 10.1. The molecule has 1 heterocycles. The summed E-state index contributed by atoms with van der Waals surface area (Å²) in [6.07, 6.45) is 2.46. The Morgan fingerprint density at radius 1 is 0.919 bits per heavy atom. The third kappa shape index (κ3) is 7.14. The van der Waals surface area contributed by atoms with E-state index in [1.807, 2.05) is 24.3 Å². The minimum atomic E-state index is -1.25. The van der Waals surface area contributed by atoms with Gasteiger partial charge < -0.3 is 16.4 Å². The molecule has 0 saturated heterocycles. The first-order valence-corrected chi connectivity index (χ1v) is 12.1. The lowest BCUT2D eigenvalue weighted by Gasteiger charge is -2.19. The molecule has 6 N–H and O–H groups in total. The van der Waals surface area contributed by atoms with E-state index in [1.165, 1.54) is 29.2 Å². The maximum Gasteiger partial charge on any atom is 0.267 e. The van der Waals surface area contributed by atoms with Crippen molar-refractivity contribution >= 4 is 35.2 Å². The number of hydrogen-bond acceptors (Lipinski definition) is 7. The summed E-state index contributed by atoms with van der Waals surface area (Å²) < 4.78 is 0. The maximum absolute atomic E-state index is 12.5. The normalized spacial score (nSPS) is 13.2. The van der Waals surface area contributed by atoms with Gasteiger partial charge in [0.15, 0.2) is 0 Å². The molecule has 196 valence electrons. The van der Waals surface area contributed by atoms with Gasteiger partial charge >= 0.3 is 0 Å². The fourth-order valence-corrected chi connectivity index (χ4v) is 4.00. The highest BCUT2D eigenvalue weighted by Crippen LogP contribution is 2.24. The van der Waals surface area contributed by atoms with E-state index in [0.717, 1.165) is 23.3 Å². The minimum absolute atomic E-state index is 0.169. The van der Waals surface area contributed by atoms with Gasteiger partial charge in [0.05, 0.1) is 11.1 Å². The first kappa shape index (κ1) is 27.3. The summed E-state index contributed by atoms with van der Waals surface area (Å²) in [5.74, 6) is -2.99. The second-order valence-electron chi connectivity index (χ2n) is 8.78. The smallest absolute Gasteiger partial charge is 0.267 e. The average molecular weight is 510 g/mol.